The van der Waals surface area contributed by atoms with E-state index in [1.54, 1.807) is 0 Å². The van der Waals surface area contributed by atoms with Crippen LogP contribution in [0.1, 0.15) is 17.0 Å². The molecular formula is C9H12N2O3. The third kappa shape index (κ3) is 0.988. The van der Waals surface area contributed by atoms with Crippen molar-refractivity contribution in [3.63, 3.8) is 0 Å². The number of carbonyl (C=O) groups is 1. The Labute approximate surface area is 81.1 Å². The van der Waals surface area contributed by atoms with E-state index in [-0.39, 0.29) is 13.2 Å². The molecule has 2 heterocycles. The van der Waals surface area contributed by atoms with Crippen LogP contribution in [0.15, 0.2) is 0 Å². The molecule has 0 aromatic carbocycles. The monoisotopic (exact) mass is 196 g/mol. The molecule has 5 heteroatoms. The summed E-state index contributed by atoms with van der Waals surface area (Å²) in [4.78, 5) is 11.1. The number of hydrogen-bond acceptors (Lipinski definition) is 3. The molecule has 0 saturated carbocycles. The van der Waals surface area contributed by atoms with E-state index in [0.717, 1.165) is 11.3 Å². The fraction of sp³-hybridized carbons (Fsp3) is 0.556. The zero-order valence-electron chi connectivity index (χ0n) is 8.13. The van der Waals surface area contributed by atoms with Gasteiger partial charge in [0.25, 0.3) is 0 Å². The summed E-state index contributed by atoms with van der Waals surface area (Å²) in [6.07, 6.45) is 0. The second-order valence-electron chi connectivity index (χ2n) is 3.70. The van der Waals surface area contributed by atoms with E-state index in [1.165, 1.54) is 0 Å². The minimum absolute atomic E-state index is 0.216. The van der Waals surface area contributed by atoms with Gasteiger partial charge < -0.3 is 9.84 Å². The Hall–Kier alpha value is -1.36. The number of H-pyrrole nitrogens is 1. The van der Waals surface area contributed by atoms with Gasteiger partial charge in [-0.05, 0) is 19.4 Å². The first kappa shape index (κ1) is 9.21. The Bertz CT molecular complexity index is 379. The average Bonchev–Trinajstić information content (AvgIpc) is 2.33. The highest BCUT2D eigenvalue weighted by molar-refractivity contribution is 5.82. The van der Waals surface area contributed by atoms with Crippen LogP contribution in [0.2, 0.25) is 0 Å². The van der Waals surface area contributed by atoms with E-state index >= 15 is 0 Å². The Morgan fingerprint density at radius 3 is 2.50 bits per heavy atom. The summed E-state index contributed by atoms with van der Waals surface area (Å²) in [5.74, 6) is -0.863. The Morgan fingerprint density at radius 1 is 1.57 bits per heavy atom. The van der Waals surface area contributed by atoms with E-state index < -0.39 is 11.4 Å². The van der Waals surface area contributed by atoms with Crippen LogP contribution in [0.5, 0.6) is 0 Å². The van der Waals surface area contributed by atoms with Crippen LogP contribution in [0.25, 0.3) is 0 Å². The third-order valence-electron chi connectivity index (χ3n) is 2.81. The van der Waals surface area contributed by atoms with Crippen molar-refractivity contribution in [3.05, 3.63) is 17.0 Å². The second-order valence-corrected chi connectivity index (χ2v) is 3.70. The standard InChI is InChI=1S/C9H12N2O3/c1-5-6(2)10-11-7(5)9(8(12)13)3-14-4-9/h3-4H2,1-2H3,(H,10,11)(H,12,13). The molecule has 0 aliphatic carbocycles. The maximum Gasteiger partial charge on any atom is 0.320 e. The van der Waals surface area contributed by atoms with Crippen LogP contribution in [-0.4, -0.2) is 34.5 Å². The fourth-order valence-corrected chi connectivity index (χ4v) is 1.62. The molecule has 2 rings (SSSR count). The summed E-state index contributed by atoms with van der Waals surface area (Å²) in [6, 6.07) is 0. The lowest BCUT2D eigenvalue weighted by Crippen LogP contribution is -2.53. The van der Waals surface area contributed by atoms with Crippen LogP contribution < -0.4 is 0 Å². The number of aliphatic carboxylic acids is 1. The molecule has 1 aliphatic rings. The molecule has 1 fully saturated rings. The minimum atomic E-state index is -0.922. The van der Waals surface area contributed by atoms with E-state index in [1.807, 2.05) is 13.8 Å². The van der Waals surface area contributed by atoms with Crippen molar-refractivity contribution in [1.82, 2.24) is 10.2 Å². The van der Waals surface area contributed by atoms with Crippen LogP contribution in [0.3, 0.4) is 0 Å². The molecule has 1 aliphatic heterocycles. The van der Waals surface area contributed by atoms with Crippen LogP contribution in [0.4, 0.5) is 0 Å². The largest absolute Gasteiger partial charge is 0.480 e. The molecule has 2 N–H and O–H groups in total. The number of carboxylic acids is 1. The summed E-state index contributed by atoms with van der Waals surface area (Å²) < 4.78 is 4.98. The van der Waals surface area contributed by atoms with Crippen LogP contribution in [0, 0.1) is 13.8 Å². The van der Waals surface area contributed by atoms with Gasteiger partial charge in [-0.15, -0.1) is 0 Å². The number of rotatable bonds is 2. The van der Waals surface area contributed by atoms with Gasteiger partial charge in [-0.1, -0.05) is 0 Å². The third-order valence-corrected chi connectivity index (χ3v) is 2.81. The number of hydrogen-bond donors (Lipinski definition) is 2. The molecule has 0 atom stereocenters. The predicted octanol–water partition coefficient (Wildman–Crippen LogP) is 0.379. The SMILES string of the molecule is Cc1[nH]nc(C2(C(=O)O)COC2)c1C. The van der Waals surface area contributed by atoms with Crippen molar-refractivity contribution in [1.29, 1.82) is 0 Å². The maximum atomic E-state index is 11.1. The van der Waals surface area contributed by atoms with Gasteiger partial charge in [0.15, 0.2) is 5.41 Å². The summed E-state index contributed by atoms with van der Waals surface area (Å²) in [6.45, 7) is 4.18. The average molecular weight is 196 g/mol. The molecule has 0 spiro atoms. The lowest BCUT2D eigenvalue weighted by atomic mass is 9.80. The van der Waals surface area contributed by atoms with Gasteiger partial charge in [-0.2, -0.15) is 5.10 Å². The van der Waals surface area contributed by atoms with Crippen molar-refractivity contribution in [2.75, 3.05) is 13.2 Å². The highest BCUT2D eigenvalue weighted by Gasteiger charge is 2.50. The predicted molar refractivity (Wildman–Crippen MR) is 48.2 cm³/mol. The molecule has 1 aromatic rings. The zero-order valence-corrected chi connectivity index (χ0v) is 8.13. The Morgan fingerprint density at radius 2 is 2.21 bits per heavy atom. The lowest BCUT2D eigenvalue weighted by molar-refractivity contribution is -0.163. The number of ether oxygens (including phenoxy) is 1. The van der Waals surface area contributed by atoms with Gasteiger partial charge in [0.05, 0.1) is 18.9 Å². The van der Waals surface area contributed by atoms with Gasteiger partial charge in [0.2, 0.25) is 0 Å². The summed E-state index contributed by atoms with van der Waals surface area (Å²) in [5, 5.41) is 16.0. The van der Waals surface area contributed by atoms with Crippen molar-refractivity contribution in [2.24, 2.45) is 0 Å². The Balaban J connectivity index is 2.47. The smallest absolute Gasteiger partial charge is 0.320 e. The molecule has 0 bridgehead atoms. The van der Waals surface area contributed by atoms with Gasteiger partial charge >= 0.3 is 5.97 Å². The van der Waals surface area contributed by atoms with Crippen molar-refractivity contribution in [2.45, 2.75) is 19.3 Å². The molecule has 1 saturated heterocycles. The molecule has 14 heavy (non-hydrogen) atoms. The fourth-order valence-electron chi connectivity index (χ4n) is 1.62. The van der Waals surface area contributed by atoms with Crippen LogP contribution in [-0.2, 0) is 14.9 Å². The normalized spacial score (nSPS) is 19.0. The quantitative estimate of drug-likeness (QED) is 0.717. The summed E-state index contributed by atoms with van der Waals surface area (Å²) in [7, 11) is 0. The molecular weight excluding hydrogens is 184 g/mol. The minimum Gasteiger partial charge on any atom is -0.480 e. The first-order chi connectivity index (χ1) is 6.58. The highest BCUT2D eigenvalue weighted by Crippen LogP contribution is 2.33. The first-order valence-electron chi connectivity index (χ1n) is 4.41. The number of aromatic amines is 1. The summed E-state index contributed by atoms with van der Waals surface area (Å²) >= 11 is 0. The number of nitrogens with one attached hydrogen (secondary N) is 1. The lowest BCUT2D eigenvalue weighted by Gasteiger charge is -2.36. The van der Waals surface area contributed by atoms with Crippen molar-refractivity contribution < 1.29 is 14.6 Å². The topological polar surface area (TPSA) is 75.2 Å². The Kier molecular flexibility index (Phi) is 1.85. The second kappa shape index (κ2) is 2.81. The van der Waals surface area contributed by atoms with Gasteiger partial charge in [-0.3, -0.25) is 9.89 Å². The van der Waals surface area contributed by atoms with E-state index in [9.17, 15) is 4.79 Å². The molecule has 1 aromatic heterocycles. The van der Waals surface area contributed by atoms with E-state index in [2.05, 4.69) is 10.2 Å². The zero-order chi connectivity index (χ0) is 10.3. The number of nitrogens with zero attached hydrogens (tertiary/aromatic N) is 1. The van der Waals surface area contributed by atoms with Gasteiger partial charge in [0, 0.05) is 5.69 Å². The van der Waals surface area contributed by atoms with Crippen LogP contribution >= 0.6 is 0 Å². The molecule has 0 unspecified atom stereocenters. The van der Waals surface area contributed by atoms with E-state index in [0.29, 0.717) is 5.69 Å². The first-order valence-corrected chi connectivity index (χ1v) is 4.41. The highest BCUT2D eigenvalue weighted by atomic mass is 16.5. The molecule has 0 radical (unpaired) electrons. The van der Waals surface area contributed by atoms with Gasteiger partial charge in [-0.25, -0.2) is 0 Å². The van der Waals surface area contributed by atoms with Crippen molar-refractivity contribution in [3.8, 4) is 0 Å². The summed E-state index contributed by atoms with van der Waals surface area (Å²) in [5.41, 5.74) is 1.51. The van der Waals surface area contributed by atoms with Gasteiger partial charge in [0.1, 0.15) is 0 Å². The van der Waals surface area contributed by atoms with E-state index in [4.69, 9.17) is 9.84 Å². The number of aromatic nitrogens is 2. The number of carboxylic acid groups (broad SMARTS) is 1. The molecule has 0 amide bonds. The van der Waals surface area contributed by atoms with Crippen molar-refractivity contribution >= 4 is 5.97 Å². The molecule has 5 nitrogen and oxygen atoms in total. The number of aryl methyl sites for hydroxylation is 1. The molecule has 76 valence electrons. The maximum absolute atomic E-state index is 11.1.